The normalized spacial score (nSPS) is 17.3. The summed E-state index contributed by atoms with van der Waals surface area (Å²) in [5.74, 6) is 2.55. The van der Waals surface area contributed by atoms with E-state index >= 15 is 0 Å². The molecule has 102 valence electrons. The van der Waals surface area contributed by atoms with Gasteiger partial charge in [-0.3, -0.25) is 0 Å². The lowest BCUT2D eigenvalue weighted by Crippen LogP contribution is -2.12. The van der Waals surface area contributed by atoms with Gasteiger partial charge in [0, 0.05) is 19.0 Å². The van der Waals surface area contributed by atoms with E-state index in [1.807, 2.05) is 0 Å². The Hall–Kier alpha value is -1.35. The molecule has 0 aliphatic heterocycles. The summed E-state index contributed by atoms with van der Waals surface area (Å²) in [5, 5.41) is 0. The molecule has 3 heteroatoms. The summed E-state index contributed by atoms with van der Waals surface area (Å²) < 4.78 is 2.24. The molecule has 1 aliphatic rings. The number of aromatic nitrogens is 2. The van der Waals surface area contributed by atoms with E-state index in [1.165, 1.54) is 29.7 Å². The zero-order chi connectivity index (χ0) is 13.6. The van der Waals surface area contributed by atoms with Gasteiger partial charge < -0.3 is 10.3 Å². The van der Waals surface area contributed by atoms with Crippen LogP contribution in [0.1, 0.15) is 56.5 Å². The first-order chi connectivity index (χ1) is 9.06. The molecule has 3 rings (SSSR count). The third-order valence-corrected chi connectivity index (χ3v) is 4.04. The molecule has 1 atom stereocenters. The second kappa shape index (κ2) is 4.64. The molecule has 3 nitrogen and oxygen atoms in total. The first kappa shape index (κ1) is 12.7. The van der Waals surface area contributed by atoms with E-state index in [2.05, 4.69) is 43.7 Å². The predicted octanol–water partition coefficient (Wildman–Crippen LogP) is 3.50. The van der Waals surface area contributed by atoms with Gasteiger partial charge in [-0.2, -0.15) is 0 Å². The molecule has 1 aromatic carbocycles. The summed E-state index contributed by atoms with van der Waals surface area (Å²) in [5.41, 5.74) is 9.80. The van der Waals surface area contributed by atoms with Crippen LogP contribution >= 0.6 is 0 Å². The fourth-order valence-electron chi connectivity index (χ4n) is 2.82. The van der Waals surface area contributed by atoms with Crippen molar-refractivity contribution in [3.05, 3.63) is 29.6 Å². The van der Waals surface area contributed by atoms with Crippen LogP contribution < -0.4 is 5.73 Å². The van der Waals surface area contributed by atoms with Gasteiger partial charge in [0.2, 0.25) is 0 Å². The summed E-state index contributed by atoms with van der Waals surface area (Å²) >= 11 is 0. The molecule has 1 unspecified atom stereocenters. The Morgan fingerprint density at radius 3 is 2.74 bits per heavy atom. The highest BCUT2D eigenvalue weighted by molar-refractivity contribution is 5.77. The van der Waals surface area contributed by atoms with Crippen molar-refractivity contribution >= 4 is 11.0 Å². The summed E-state index contributed by atoms with van der Waals surface area (Å²) in [6.07, 6.45) is 3.60. The Balaban J connectivity index is 1.96. The van der Waals surface area contributed by atoms with Gasteiger partial charge in [0.1, 0.15) is 5.82 Å². The summed E-state index contributed by atoms with van der Waals surface area (Å²) in [6.45, 7) is 4.43. The SMILES string of the molecule is CC(C)CC(N)c1ccc2c(c1)nc(C1CC1)n2C. The average Bonchev–Trinajstić information content (AvgIpc) is 3.14. The van der Waals surface area contributed by atoms with Crippen LogP contribution in [0.5, 0.6) is 0 Å². The van der Waals surface area contributed by atoms with Crippen molar-refractivity contribution in [3.8, 4) is 0 Å². The standard InChI is InChI=1S/C16H23N3/c1-10(2)8-13(17)12-6-7-15-14(9-12)18-16(19(15)3)11-4-5-11/h6-7,9-11,13H,4-5,8,17H2,1-3H3. The highest BCUT2D eigenvalue weighted by atomic mass is 15.1. The van der Waals surface area contributed by atoms with E-state index in [9.17, 15) is 0 Å². The van der Waals surface area contributed by atoms with Gasteiger partial charge in [-0.15, -0.1) is 0 Å². The van der Waals surface area contributed by atoms with Crippen molar-refractivity contribution in [3.63, 3.8) is 0 Å². The zero-order valence-corrected chi connectivity index (χ0v) is 12.1. The van der Waals surface area contributed by atoms with Gasteiger partial charge >= 0.3 is 0 Å². The Kier molecular flexibility index (Phi) is 3.09. The van der Waals surface area contributed by atoms with Crippen molar-refractivity contribution in [2.75, 3.05) is 0 Å². The number of fused-ring (bicyclic) bond motifs is 1. The lowest BCUT2D eigenvalue weighted by atomic mass is 9.97. The Bertz CT molecular complexity index is 593. The largest absolute Gasteiger partial charge is 0.331 e. The van der Waals surface area contributed by atoms with Crippen molar-refractivity contribution in [1.82, 2.24) is 9.55 Å². The fraction of sp³-hybridized carbons (Fsp3) is 0.562. The molecule has 1 aromatic heterocycles. The van der Waals surface area contributed by atoms with Crippen molar-refractivity contribution in [2.45, 2.75) is 45.1 Å². The van der Waals surface area contributed by atoms with E-state index in [-0.39, 0.29) is 6.04 Å². The molecule has 1 heterocycles. The van der Waals surface area contributed by atoms with Crippen LogP contribution in [0.4, 0.5) is 0 Å². The number of benzene rings is 1. The van der Waals surface area contributed by atoms with Crippen LogP contribution in [0.25, 0.3) is 11.0 Å². The molecule has 0 bridgehead atoms. The lowest BCUT2D eigenvalue weighted by molar-refractivity contribution is 0.510. The number of nitrogens with two attached hydrogens (primary N) is 1. The molecular formula is C16H23N3. The quantitative estimate of drug-likeness (QED) is 0.911. The van der Waals surface area contributed by atoms with Crippen LogP contribution in [-0.4, -0.2) is 9.55 Å². The molecule has 1 fully saturated rings. The second-order valence-corrected chi connectivity index (χ2v) is 6.29. The second-order valence-electron chi connectivity index (χ2n) is 6.29. The van der Waals surface area contributed by atoms with Crippen molar-refractivity contribution in [1.29, 1.82) is 0 Å². The van der Waals surface area contributed by atoms with E-state index < -0.39 is 0 Å². The highest BCUT2D eigenvalue weighted by Crippen LogP contribution is 2.40. The Labute approximate surface area is 114 Å². The van der Waals surface area contributed by atoms with Crippen LogP contribution in [-0.2, 0) is 7.05 Å². The minimum Gasteiger partial charge on any atom is -0.331 e. The maximum absolute atomic E-state index is 6.27. The van der Waals surface area contributed by atoms with Crippen molar-refractivity contribution < 1.29 is 0 Å². The number of nitrogens with zero attached hydrogens (tertiary/aromatic N) is 2. The highest BCUT2D eigenvalue weighted by Gasteiger charge is 2.28. The topological polar surface area (TPSA) is 43.8 Å². The van der Waals surface area contributed by atoms with E-state index in [1.54, 1.807) is 0 Å². The molecule has 0 spiro atoms. The number of imidazole rings is 1. The van der Waals surface area contributed by atoms with E-state index in [4.69, 9.17) is 10.7 Å². The molecule has 2 aromatic rings. The number of aryl methyl sites for hydroxylation is 1. The van der Waals surface area contributed by atoms with E-state index in [0.717, 1.165) is 11.9 Å². The lowest BCUT2D eigenvalue weighted by Gasteiger charge is -2.14. The van der Waals surface area contributed by atoms with Gasteiger partial charge in [-0.1, -0.05) is 19.9 Å². The van der Waals surface area contributed by atoms with E-state index in [0.29, 0.717) is 11.8 Å². The van der Waals surface area contributed by atoms with Gasteiger partial charge in [0.05, 0.1) is 11.0 Å². The predicted molar refractivity (Wildman–Crippen MR) is 79.1 cm³/mol. The average molecular weight is 257 g/mol. The zero-order valence-electron chi connectivity index (χ0n) is 12.1. The first-order valence-electron chi connectivity index (χ1n) is 7.28. The van der Waals surface area contributed by atoms with Crippen LogP contribution in [0.2, 0.25) is 0 Å². The van der Waals surface area contributed by atoms with Gasteiger partial charge in [-0.05, 0) is 42.9 Å². The summed E-state index contributed by atoms with van der Waals surface area (Å²) in [7, 11) is 2.12. The van der Waals surface area contributed by atoms with Gasteiger partial charge in [-0.25, -0.2) is 4.98 Å². The number of rotatable bonds is 4. The molecule has 0 saturated heterocycles. The smallest absolute Gasteiger partial charge is 0.112 e. The maximum atomic E-state index is 6.27. The minimum absolute atomic E-state index is 0.121. The number of hydrogen-bond acceptors (Lipinski definition) is 2. The number of hydrogen-bond donors (Lipinski definition) is 1. The molecule has 19 heavy (non-hydrogen) atoms. The minimum atomic E-state index is 0.121. The molecule has 1 saturated carbocycles. The van der Waals surface area contributed by atoms with Crippen molar-refractivity contribution in [2.24, 2.45) is 18.7 Å². The fourth-order valence-corrected chi connectivity index (χ4v) is 2.82. The molecule has 2 N–H and O–H groups in total. The monoisotopic (exact) mass is 257 g/mol. The summed E-state index contributed by atoms with van der Waals surface area (Å²) in [4.78, 5) is 4.80. The van der Waals surface area contributed by atoms with Crippen LogP contribution in [0, 0.1) is 5.92 Å². The molecule has 1 aliphatic carbocycles. The third-order valence-electron chi connectivity index (χ3n) is 4.04. The molecular weight excluding hydrogens is 234 g/mol. The third kappa shape index (κ3) is 2.39. The summed E-state index contributed by atoms with van der Waals surface area (Å²) in [6, 6.07) is 6.63. The van der Waals surface area contributed by atoms with Gasteiger partial charge in [0.25, 0.3) is 0 Å². The Morgan fingerprint density at radius 1 is 1.37 bits per heavy atom. The van der Waals surface area contributed by atoms with Crippen LogP contribution in [0.15, 0.2) is 18.2 Å². The first-order valence-corrected chi connectivity index (χ1v) is 7.28. The van der Waals surface area contributed by atoms with Crippen LogP contribution in [0.3, 0.4) is 0 Å². The maximum Gasteiger partial charge on any atom is 0.112 e. The van der Waals surface area contributed by atoms with Gasteiger partial charge in [0.15, 0.2) is 0 Å². The molecule has 0 amide bonds. The Morgan fingerprint density at radius 2 is 2.11 bits per heavy atom. The molecule has 0 radical (unpaired) electrons.